The predicted octanol–water partition coefficient (Wildman–Crippen LogP) is 5.05. The zero-order chi connectivity index (χ0) is 27.4. The second-order valence-corrected chi connectivity index (χ2v) is 10.5. The molecule has 206 valence electrons. The van der Waals surface area contributed by atoms with Gasteiger partial charge in [-0.15, -0.1) is 0 Å². The smallest absolute Gasteiger partial charge is 0.262 e. The maximum absolute atomic E-state index is 14.6. The maximum Gasteiger partial charge on any atom is 0.262 e. The Hall–Kier alpha value is -2.81. The van der Waals surface area contributed by atoms with Gasteiger partial charge in [0.15, 0.2) is 5.66 Å². The second-order valence-electron chi connectivity index (χ2n) is 9.66. The van der Waals surface area contributed by atoms with Crippen molar-refractivity contribution in [2.75, 3.05) is 39.4 Å². The number of nitrogens with zero attached hydrogens (tertiary/aromatic N) is 1. The maximum atomic E-state index is 14.6. The number of hydrogen-bond acceptors (Lipinski definition) is 6. The number of carbonyl (C=O) groups excluding carboxylic acids is 1. The summed E-state index contributed by atoms with van der Waals surface area (Å²) < 4.78 is 12.0. The number of ether oxygens (including phenoxy) is 2. The predicted molar refractivity (Wildman–Crippen MR) is 155 cm³/mol. The van der Waals surface area contributed by atoms with E-state index < -0.39 is 5.66 Å². The first-order valence-corrected chi connectivity index (χ1v) is 14.2. The minimum absolute atomic E-state index is 0.0611. The molecule has 2 saturated heterocycles. The zero-order valence-corrected chi connectivity index (χ0v) is 23.7. The Morgan fingerprint density at radius 3 is 1.90 bits per heavy atom. The van der Waals surface area contributed by atoms with Crippen molar-refractivity contribution in [2.24, 2.45) is 0 Å². The largest absolute Gasteiger partial charge is 0.494 e. The lowest BCUT2D eigenvalue weighted by Crippen LogP contribution is -2.61. The molecule has 2 aliphatic heterocycles. The number of rotatable bonds is 8. The van der Waals surface area contributed by atoms with Crippen LogP contribution in [-0.4, -0.2) is 50.2 Å². The standard InChI is InChI=1S/C30H34Cl2N4O3/c1-3-38-24-13-14-26(39-4-2)25(19-24)30(29(37)36-17-15-33-16-18-36)34-27(20-5-9-22(31)10-6-20)28(35-30)21-7-11-23(32)12-8-21/h5-14,19,27-28,33-35H,3-4,15-18H2,1-2H3. The Morgan fingerprint density at radius 2 is 1.38 bits per heavy atom. The van der Waals surface area contributed by atoms with Gasteiger partial charge in [0.2, 0.25) is 0 Å². The van der Waals surface area contributed by atoms with Crippen LogP contribution in [0.15, 0.2) is 66.7 Å². The molecule has 2 fully saturated rings. The van der Waals surface area contributed by atoms with Gasteiger partial charge in [0.05, 0.1) is 25.3 Å². The number of piperazine rings is 1. The minimum atomic E-state index is -1.29. The molecule has 5 rings (SSSR count). The van der Waals surface area contributed by atoms with E-state index in [1.54, 1.807) is 0 Å². The van der Waals surface area contributed by atoms with Crippen LogP contribution in [0.3, 0.4) is 0 Å². The molecule has 2 unspecified atom stereocenters. The molecule has 0 radical (unpaired) electrons. The number of amides is 1. The van der Waals surface area contributed by atoms with E-state index in [4.69, 9.17) is 32.7 Å². The Balaban J connectivity index is 1.69. The van der Waals surface area contributed by atoms with E-state index in [0.717, 1.165) is 24.2 Å². The van der Waals surface area contributed by atoms with Crippen LogP contribution in [0.4, 0.5) is 0 Å². The monoisotopic (exact) mass is 568 g/mol. The Labute approximate surface area is 239 Å². The van der Waals surface area contributed by atoms with Crippen LogP contribution < -0.4 is 25.4 Å². The molecule has 7 nitrogen and oxygen atoms in total. The Kier molecular flexibility index (Phi) is 8.64. The molecule has 0 saturated carbocycles. The Bertz CT molecular complexity index is 1230. The van der Waals surface area contributed by atoms with E-state index in [1.165, 1.54) is 0 Å². The molecule has 3 N–H and O–H groups in total. The van der Waals surface area contributed by atoms with Crippen LogP contribution in [0, 0.1) is 0 Å². The van der Waals surface area contributed by atoms with E-state index in [1.807, 2.05) is 85.5 Å². The van der Waals surface area contributed by atoms with Crippen molar-refractivity contribution in [1.82, 2.24) is 20.9 Å². The fraction of sp³-hybridized carbons (Fsp3) is 0.367. The SMILES string of the molecule is CCOc1ccc(OCC)c(C2(C(=O)N3CCNCC3)NC(c3ccc(Cl)cc3)C(c3ccc(Cl)cc3)N2)c1. The van der Waals surface area contributed by atoms with Gasteiger partial charge in [-0.2, -0.15) is 0 Å². The number of hydrogen-bond donors (Lipinski definition) is 3. The molecule has 39 heavy (non-hydrogen) atoms. The van der Waals surface area contributed by atoms with E-state index in [9.17, 15) is 4.79 Å². The van der Waals surface area contributed by atoms with E-state index in [0.29, 0.717) is 53.4 Å². The van der Waals surface area contributed by atoms with Gasteiger partial charge in [-0.3, -0.25) is 15.4 Å². The summed E-state index contributed by atoms with van der Waals surface area (Å²) in [5.41, 5.74) is 1.40. The van der Waals surface area contributed by atoms with Gasteiger partial charge in [-0.1, -0.05) is 47.5 Å². The van der Waals surface area contributed by atoms with E-state index >= 15 is 0 Å². The van der Waals surface area contributed by atoms with Crippen LogP contribution in [-0.2, 0) is 10.5 Å². The summed E-state index contributed by atoms with van der Waals surface area (Å²) in [7, 11) is 0. The van der Waals surface area contributed by atoms with Crippen molar-refractivity contribution in [3.05, 3.63) is 93.5 Å². The average Bonchev–Trinajstić information content (AvgIpc) is 3.37. The summed E-state index contributed by atoms with van der Waals surface area (Å²) in [6.45, 7) is 7.53. The number of nitrogens with one attached hydrogen (secondary N) is 3. The summed E-state index contributed by atoms with van der Waals surface area (Å²) >= 11 is 12.5. The molecule has 0 aliphatic carbocycles. The fourth-order valence-corrected chi connectivity index (χ4v) is 5.66. The van der Waals surface area contributed by atoms with Gasteiger partial charge in [-0.25, -0.2) is 0 Å². The van der Waals surface area contributed by atoms with Gasteiger partial charge < -0.3 is 19.7 Å². The first-order valence-electron chi connectivity index (χ1n) is 13.4. The summed E-state index contributed by atoms with van der Waals surface area (Å²) in [5, 5.41) is 12.2. The topological polar surface area (TPSA) is 74.9 Å². The molecule has 1 amide bonds. The molecule has 9 heteroatoms. The molecule has 3 aromatic rings. The van der Waals surface area contributed by atoms with Crippen LogP contribution in [0.2, 0.25) is 10.0 Å². The molecular weight excluding hydrogens is 535 g/mol. The third-order valence-electron chi connectivity index (χ3n) is 7.23. The molecule has 2 heterocycles. The van der Waals surface area contributed by atoms with E-state index in [2.05, 4.69) is 16.0 Å². The second kappa shape index (κ2) is 12.1. The normalized spacial score (nSPS) is 23.0. The van der Waals surface area contributed by atoms with Crippen LogP contribution in [0.1, 0.15) is 42.6 Å². The van der Waals surface area contributed by atoms with Crippen molar-refractivity contribution in [1.29, 1.82) is 0 Å². The molecule has 3 aromatic carbocycles. The lowest BCUT2D eigenvalue weighted by atomic mass is 9.95. The van der Waals surface area contributed by atoms with Crippen molar-refractivity contribution < 1.29 is 14.3 Å². The quantitative estimate of drug-likeness (QED) is 0.353. The van der Waals surface area contributed by atoms with Gasteiger partial charge in [0.25, 0.3) is 5.91 Å². The fourth-order valence-electron chi connectivity index (χ4n) is 5.41. The third kappa shape index (κ3) is 5.74. The summed E-state index contributed by atoms with van der Waals surface area (Å²) in [6.07, 6.45) is 0. The zero-order valence-electron chi connectivity index (χ0n) is 22.2. The number of benzene rings is 3. The summed E-state index contributed by atoms with van der Waals surface area (Å²) in [6, 6.07) is 20.6. The highest BCUT2D eigenvalue weighted by molar-refractivity contribution is 6.30. The molecule has 0 aromatic heterocycles. The van der Waals surface area contributed by atoms with Gasteiger partial charge in [-0.05, 0) is 67.4 Å². The van der Waals surface area contributed by atoms with Crippen LogP contribution >= 0.6 is 23.2 Å². The molecular formula is C30H34Cl2N4O3. The van der Waals surface area contributed by atoms with Crippen LogP contribution in [0.5, 0.6) is 11.5 Å². The molecule has 0 spiro atoms. The minimum Gasteiger partial charge on any atom is -0.494 e. The first-order chi connectivity index (χ1) is 18.9. The lowest BCUT2D eigenvalue weighted by Gasteiger charge is -2.38. The van der Waals surface area contributed by atoms with E-state index in [-0.39, 0.29) is 18.0 Å². The number of carbonyl (C=O) groups is 1. The summed E-state index contributed by atoms with van der Waals surface area (Å²) in [4.78, 5) is 16.6. The van der Waals surface area contributed by atoms with Gasteiger partial charge in [0.1, 0.15) is 11.5 Å². The lowest BCUT2D eigenvalue weighted by molar-refractivity contribution is -0.140. The Morgan fingerprint density at radius 1 is 0.846 bits per heavy atom. The van der Waals surface area contributed by atoms with Crippen molar-refractivity contribution in [3.8, 4) is 11.5 Å². The van der Waals surface area contributed by atoms with Crippen molar-refractivity contribution in [2.45, 2.75) is 31.6 Å². The average molecular weight is 570 g/mol. The first kappa shape index (κ1) is 27.7. The third-order valence-corrected chi connectivity index (χ3v) is 7.73. The van der Waals surface area contributed by atoms with Crippen molar-refractivity contribution >= 4 is 29.1 Å². The highest BCUT2D eigenvalue weighted by atomic mass is 35.5. The molecule has 0 bridgehead atoms. The molecule has 2 atom stereocenters. The molecule has 2 aliphatic rings. The van der Waals surface area contributed by atoms with Crippen molar-refractivity contribution in [3.63, 3.8) is 0 Å². The number of halogens is 2. The summed E-state index contributed by atoms with van der Waals surface area (Å²) in [5.74, 6) is 1.23. The van der Waals surface area contributed by atoms with Gasteiger partial charge in [0, 0.05) is 41.8 Å². The van der Waals surface area contributed by atoms with Gasteiger partial charge >= 0.3 is 0 Å². The highest BCUT2D eigenvalue weighted by Gasteiger charge is 2.54. The highest BCUT2D eigenvalue weighted by Crippen LogP contribution is 2.45. The van der Waals surface area contributed by atoms with Crippen LogP contribution in [0.25, 0.3) is 0 Å².